The molecule has 3 aromatic rings. The van der Waals surface area contributed by atoms with Gasteiger partial charge in [0.1, 0.15) is 17.9 Å². The van der Waals surface area contributed by atoms with E-state index in [1.54, 1.807) is 26.0 Å². The molecule has 4 unspecified atom stereocenters. The lowest BCUT2D eigenvalue weighted by molar-refractivity contribution is -0.148. The maximum atomic E-state index is 13.9. The van der Waals surface area contributed by atoms with E-state index in [9.17, 15) is 14.4 Å². The zero-order valence-corrected chi connectivity index (χ0v) is 27.2. The Bertz CT molecular complexity index is 1580. The Hall–Kier alpha value is -4.47. The second-order valence-corrected chi connectivity index (χ2v) is 12.0. The van der Waals surface area contributed by atoms with Crippen molar-refractivity contribution in [3.05, 3.63) is 60.2 Å². The summed E-state index contributed by atoms with van der Waals surface area (Å²) in [7, 11) is 3.42. The summed E-state index contributed by atoms with van der Waals surface area (Å²) in [5.74, 6) is -0.591. The van der Waals surface area contributed by atoms with Crippen LogP contribution in [0, 0.1) is 18.8 Å². The molecule has 1 aliphatic carbocycles. The minimum atomic E-state index is -0.798. The summed E-state index contributed by atoms with van der Waals surface area (Å²) in [6.07, 6.45) is 8.07. The molecule has 1 N–H and O–H groups in total. The monoisotopic (exact) mass is 628 g/mol. The van der Waals surface area contributed by atoms with E-state index in [4.69, 9.17) is 24.2 Å². The molecule has 2 aromatic carbocycles. The van der Waals surface area contributed by atoms with E-state index >= 15 is 0 Å². The van der Waals surface area contributed by atoms with Crippen LogP contribution in [-0.4, -0.2) is 72.1 Å². The van der Waals surface area contributed by atoms with E-state index in [1.807, 2.05) is 55.5 Å². The first-order valence-corrected chi connectivity index (χ1v) is 16.2. The minimum absolute atomic E-state index is 0.0950. The van der Waals surface area contributed by atoms with Gasteiger partial charge in [-0.05, 0) is 70.9 Å². The van der Waals surface area contributed by atoms with Gasteiger partial charge in [0.2, 0.25) is 17.7 Å². The Kier molecular flexibility index (Phi) is 10.9. The van der Waals surface area contributed by atoms with Crippen molar-refractivity contribution in [2.75, 3.05) is 27.3 Å². The largest absolute Gasteiger partial charge is 0.496 e. The molecule has 2 heterocycles. The number of allylic oxidation sites excluding steroid dienone is 2. The Labute approximate surface area is 270 Å². The maximum Gasteiger partial charge on any atom is 0.328 e. The van der Waals surface area contributed by atoms with Gasteiger partial charge in [-0.15, -0.1) is 0 Å². The molecule has 1 saturated carbocycles. The highest BCUT2D eigenvalue weighted by Crippen LogP contribution is 2.39. The van der Waals surface area contributed by atoms with Crippen molar-refractivity contribution in [3.8, 4) is 23.0 Å². The lowest BCUT2D eigenvalue weighted by Gasteiger charge is -2.25. The summed E-state index contributed by atoms with van der Waals surface area (Å²) < 4.78 is 17.5. The zero-order valence-electron chi connectivity index (χ0n) is 27.2. The van der Waals surface area contributed by atoms with E-state index in [0.29, 0.717) is 55.2 Å². The lowest BCUT2D eigenvalue weighted by Crippen LogP contribution is -2.47. The second-order valence-electron chi connectivity index (χ2n) is 12.0. The molecule has 0 saturated heterocycles. The van der Waals surface area contributed by atoms with Gasteiger partial charge in [-0.2, -0.15) is 4.98 Å². The summed E-state index contributed by atoms with van der Waals surface area (Å²) >= 11 is 0. The number of esters is 1. The van der Waals surface area contributed by atoms with Crippen molar-refractivity contribution in [3.63, 3.8) is 0 Å². The van der Waals surface area contributed by atoms with Gasteiger partial charge in [-0.3, -0.25) is 9.59 Å². The molecule has 0 spiro atoms. The fourth-order valence-corrected chi connectivity index (χ4v) is 6.39. The number of ether oxygens (including phenoxy) is 3. The quantitative estimate of drug-likeness (QED) is 0.284. The minimum Gasteiger partial charge on any atom is -0.496 e. The summed E-state index contributed by atoms with van der Waals surface area (Å²) in [5, 5.41) is 3.65. The van der Waals surface area contributed by atoms with Crippen LogP contribution in [0.2, 0.25) is 0 Å². The highest BCUT2D eigenvalue weighted by molar-refractivity contribution is 5.91. The molecule has 2 aliphatic rings. The highest BCUT2D eigenvalue weighted by Gasteiger charge is 2.46. The van der Waals surface area contributed by atoms with Crippen molar-refractivity contribution < 1.29 is 28.6 Å². The number of amides is 2. The molecule has 5 rings (SSSR count). The fraction of sp³-hybridized carbons (Fsp3) is 0.472. The molecule has 10 nitrogen and oxygen atoms in total. The molecule has 0 bridgehead atoms. The number of hydrogen-bond acceptors (Lipinski definition) is 8. The average molecular weight is 629 g/mol. The van der Waals surface area contributed by atoms with Crippen LogP contribution in [0.25, 0.3) is 22.3 Å². The molecule has 0 radical (unpaired) electrons. The van der Waals surface area contributed by atoms with E-state index in [2.05, 4.69) is 11.4 Å². The number of aryl methyl sites for hydroxylation is 1. The van der Waals surface area contributed by atoms with Crippen molar-refractivity contribution in [1.29, 1.82) is 0 Å². The molecular formula is C36H44N4O6. The summed E-state index contributed by atoms with van der Waals surface area (Å²) in [6, 6.07) is 12.6. The van der Waals surface area contributed by atoms with Gasteiger partial charge in [0.15, 0.2) is 5.82 Å². The maximum absolute atomic E-state index is 13.9. The first kappa shape index (κ1) is 32.9. The molecule has 46 heavy (non-hydrogen) atoms. The van der Waals surface area contributed by atoms with Crippen LogP contribution in [-0.2, 0) is 19.1 Å². The van der Waals surface area contributed by atoms with Crippen LogP contribution in [0.3, 0.4) is 0 Å². The molecule has 1 fully saturated rings. The Morgan fingerprint density at radius 2 is 1.76 bits per heavy atom. The number of nitrogens with zero attached hydrogens (tertiary/aromatic N) is 3. The number of hydrogen-bond donors (Lipinski definition) is 1. The number of aromatic nitrogens is 2. The van der Waals surface area contributed by atoms with Crippen molar-refractivity contribution in [2.45, 2.75) is 70.9 Å². The van der Waals surface area contributed by atoms with E-state index in [0.717, 1.165) is 35.8 Å². The van der Waals surface area contributed by atoms with Gasteiger partial charge >= 0.3 is 5.97 Å². The first-order chi connectivity index (χ1) is 22.3. The Balaban J connectivity index is 1.48. The zero-order chi connectivity index (χ0) is 32.6. The van der Waals surface area contributed by atoms with E-state index < -0.39 is 30.0 Å². The van der Waals surface area contributed by atoms with Crippen LogP contribution in [0.1, 0.15) is 57.4 Å². The van der Waals surface area contributed by atoms with Gasteiger partial charge in [0, 0.05) is 24.7 Å². The topological polar surface area (TPSA) is 120 Å². The number of fused-ring (bicyclic) bond motifs is 2. The Morgan fingerprint density at radius 1 is 1.00 bits per heavy atom. The molecule has 244 valence electrons. The van der Waals surface area contributed by atoms with Gasteiger partial charge in [-0.1, -0.05) is 42.5 Å². The van der Waals surface area contributed by atoms with E-state index in [-0.39, 0.29) is 18.4 Å². The van der Waals surface area contributed by atoms with Gasteiger partial charge in [0.05, 0.1) is 36.5 Å². The number of nitrogens with one attached hydrogen (secondary N) is 1. The number of methoxy groups -OCH3 is 1. The Morgan fingerprint density at radius 3 is 2.52 bits per heavy atom. The third kappa shape index (κ3) is 7.49. The van der Waals surface area contributed by atoms with E-state index in [1.165, 1.54) is 0 Å². The number of carbonyl (C=O) groups excluding carboxylic acids is 3. The average Bonchev–Trinajstić information content (AvgIpc) is 3.49. The van der Waals surface area contributed by atoms with Crippen LogP contribution in [0.4, 0.5) is 0 Å². The normalized spacial score (nSPS) is 22.8. The predicted molar refractivity (Wildman–Crippen MR) is 175 cm³/mol. The van der Waals surface area contributed by atoms with Crippen molar-refractivity contribution in [2.24, 2.45) is 11.8 Å². The number of rotatable bonds is 6. The molecule has 10 heteroatoms. The van der Waals surface area contributed by atoms with Crippen LogP contribution < -0.4 is 14.8 Å². The van der Waals surface area contributed by atoms with Crippen molar-refractivity contribution in [1.82, 2.24) is 20.2 Å². The SMILES string of the molecule is CCOC(=O)C1CCC=CCCCCN(C)C(=O)C2CC(Oc3nc(-c4ccccc4)nc4c(C)c(OC)ccc34)CC2C(=O)N1. The molecule has 4 atom stereocenters. The summed E-state index contributed by atoms with van der Waals surface area (Å²) in [4.78, 5) is 52.0. The number of benzene rings is 2. The smallest absolute Gasteiger partial charge is 0.328 e. The third-order valence-electron chi connectivity index (χ3n) is 8.91. The summed E-state index contributed by atoms with van der Waals surface area (Å²) in [6.45, 7) is 4.51. The molecule has 1 aromatic heterocycles. The van der Waals surface area contributed by atoms with Crippen molar-refractivity contribution >= 4 is 28.7 Å². The number of carbonyl (C=O) groups is 3. The van der Waals surface area contributed by atoms with Gasteiger partial charge in [0.25, 0.3) is 0 Å². The highest BCUT2D eigenvalue weighted by atomic mass is 16.5. The molecule has 1 aliphatic heterocycles. The van der Waals surface area contributed by atoms with Crippen LogP contribution in [0.15, 0.2) is 54.6 Å². The molecular weight excluding hydrogens is 584 g/mol. The predicted octanol–water partition coefficient (Wildman–Crippen LogP) is 5.41. The van der Waals surface area contributed by atoms with Crippen LogP contribution >= 0.6 is 0 Å². The third-order valence-corrected chi connectivity index (χ3v) is 8.91. The molecule has 2 amide bonds. The van der Waals surface area contributed by atoms with Gasteiger partial charge < -0.3 is 24.4 Å². The standard InChI is InChI=1S/C36H44N4O6/c1-5-45-36(43)29-17-13-8-6-7-9-14-20-40(3)35(42)28-22-25(21-27(28)33(41)37-29)46-34-26-18-19-30(44-4)23(2)31(26)38-32(39-34)24-15-11-10-12-16-24/h6,8,10-12,15-16,18-19,25,27-29H,5,7,9,13-14,17,20-22H2,1-4H3,(H,37,41). The summed E-state index contributed by atoms with van der Waals surface area (Å²) in [5.41, 5.74) is 2.40. The van der Waals surface area contributed by atoms with Crippen LogP contribution in [0.5, 0.6) is 11.6 Å². The van der Waals surface area contributed by atoms with Gasteiger partial charge in [-0.25, -0.2) is 9.78 Å². The second kappa shape index (κ2) is 15.2. The lowest BCUT2D eigenvalue weighted by atomic mass is 9.93. The fourth-order valence-electron chi connectivity index (χ4n) is 6.39. The first-order valence-electron chi connectivity index (χ1n) is 16.2.